The van der Waals surface area contributed by atoms with Gasteiger partial charge in [-0.05, 0) is 12.8 Å². The third kappa shape index (κ3) is 1.45. The van der Waals surface area contributed by atoms with Crippen molar-refractivity contribution in [2.75, 3.05) is 7.11 Å². The fraction of sp³-hybridized carbons (Fsp3) is 0.500. The number of ether oxygens (including phenoxy) is 1. The van der Waals surface area contributed by atoms with Crippen molar-refractivity contribution in [3.05, 3.63) is 16.1 Å². The highest BCUT2D eigenvalue weighted by Gasteiger charge is 2.43. The van der Waals surface area contributed by atoms with Crippen molar-refractivity contribution >= 4 is 17.3 Å². The number of methoxy groups -OCH3 is 1. The average Bonchev–Trinajstić information content (AvgIpc) is 2.72. The smallest absolute Gasteiger partial charge is 0.357 e. The van der Waals surface area contributed by atoms with Crippen LogP contribution in [-0.4, -0.2) is 18.1 Å². The molecular formula is C8H10N2O2S. The van der Waals surface area contributed by atoms with Crippen LogP contribution in [0.3, 0.4) is 0 Å². The summed E-state index contributed by atoms with van der Waals surface area (Å²) in [5, 5.41) is 2.53. The Morgan fingerprint density at radius 2 is 2.46 bits per heavy atom. The first-order valence-corrected chi connectivity index (χ1v) is 4.87. The van der Waals surface area contributed by atoms with Gasteiger partial charge in [0, 0.05) is 5.38 Å². The van der Waals surface area contributed by atoms with Crippen LogP contribution < -0.4 is 5.73 Å². The number of hydrogen-bond acceptors (Lipinski definition) is 5. The Labute approximate surface area is 79.7 Å². The molecule has 1 saturated carbocycles. The van der Waals surface area contributed by atoms with Crippen LogP contribution >= 0.6 is 11.3 Å². The third-order valence-corrected chi connectivity index (χ3v) is 3.18. The summed E-state index contributed by atoms with van der Waals surface area (Å²) in [6, 6.07) is 0. The summed E-state index contributed by atoms with van der Waals surface area (Å²) in [5.41, 5.74) is 6.03. The molecular weight excluding hydrogens is 188 g/mol. The van der Waals surface area contributed by atoms with Gasteiger partial charge in [-0.1, -0.05) is 0 Å². The van der Waals surface area contributed by atoms with E-state index < -0.39 is 5.97 Å². The van der Waals surface area contributed by atoms with Crippen molar-refractivity contribution in [3.63, 3.8) is 0 Å². The van der Waals surface area contributed by atoms with Gasteiger partial charge in [-0.25, -0.2) is 9.78 Å². The standard InChI is InChI=1S/C8H10N2O2S/c1-12-6(11)5-4-13-7(10-5)8(9)2-3-8/h4H,2-3,9H2,1H3. The summed E-state index contributed by atoms with van der Waals surface area (Å²) >= 11 is 1.43. The molecule has 13 heavy (non-hydrogen) atoms. The number of carbonyl (C=O) groups is 1. The number of nitrogens with two attached hydrogens (primary N) is 1. The molecule has 0 atom stereocenters. The van der Waals surface area contributed by atoms with Crippen molar-refractivity contribution in [1.82, 2.24) is 4.98 Å². The lowest BCUT2D eigenvalue weighted by molar-refractivity contribution is 0.0594. The predicted octanol–water partition coefficient (Wildman–Crippen LogP) is 0.878. The lowest BCUT2D eigenvalue weighted by atomic mass is 10.3. The second-order valence-electron chi connectivity index (χ2n) is 3.19. The van der Waals surface area contributed by atoms with E-state index in [0.29, 0.717) is 5.69 Å². The van der Waals surface area contributed by atoms with Gasteiger partial charge in [0.05, 0.1) is 12.6 Å². The highest BCUT2D eigenvalue weighted by molar-refractivity contribution is 7.10. The normalized spacial score (nSPS) is 18.3. The number of aromatic nitrogens is 1. The summed E-state index contributed by atoms with van der Waals surface area (Å²) in [5.74, 6) is -0.397. The van der Waals surface area contributed by atoms with Gasteiger partial charge in [-0.15, -0.1) is 11.3 Å². The van der Waals surface area contributed by atoms with Crippen molar-refractivity contribution in [2.24, 2.45) is 5.73 Å². The second-order valence-corrected chi connectivity index (χ2v) is 4.04. The summed E-state index contributed by atoms with van der Waals surface area (Å²) in [4.78, 5) is 15.2. The van der Waals surface area contributed by atoms with E-state index in [1.165, 1.54) is 18.4 Å². The van der Waals surface area contributed by atoms with E-state index in [1.807, 2.05) is 0 Å². The van der Waals surface area contributed by atoms with Crippen LogP contribution in [0.15, 0.2) is 5.38 Å². The van der Waals surface area contributed by atoms with E-state index in [-0.39, 0.29) is 5.54 Å². The first kappa shape index (κ1) is 8.65. The molecule has 0 radical (unpaired) electrons. The van der Waals surface area contributed by atoms with Crippen LogP contribution in [0.4, 0.5) is 0 Å². The molecule has 2 rings (SSSR count). The van der Waals surface area contributed by atoms with Crippen molar-refractivity contribution in [3.8, 4) is 0 Å². The van der Waals surface area contributed by atoms with Gasteiger partial charge < -0.3 is 10.5 Å². The monoisotopic (exact) mass is 198 g/mol. The Kier molecular flexibility index (Phi) is 1.85. The van der Waals surface area contributed by atoms with E-state index in [2.05, 4.69) is 9.72 Å². The minimum Gasteiger partial charge on any atom is -0.464 e. The lowest BCUT2D eigenvalue weighted by Gasteiger charge is -2.00. The van der Waals surface area contributed by atoms with Crippen LogP contribution in [0.2, 0.25) is 0 Å². The van der Waals surface area contributed by atoms with Gasteiger partial charge in [-0.3, -0.25) is 0 Å². The van der Waals surface area contributed by atoms with Crippen LogP contribution in [0.1, 0.15) is 28.3 Å². The lowest BCUT2D eigenvalue weighted by Crippen LogP contribution is -2.18. The van der Waals surface area contributed by atoms with E-state index in [9.17, 15) is 4.79 Å². The Morgan fingerprint density at radius 3 is 3.00 bits per heavy atom. The SMILES string of the molecule is COC(=O)c1csc(C2(N)CC2)n1. The quantitative estimate of drug-likeness (QED) is 0.716. The molecule has 1 fully saturated rings. The van der Waals surface area contributed by atoms with E-state index in [1.54, 1.807) is 5.38 Å². The second kappa shape index (κ2) is 2.78. The Balaban J connectivity index is 2.23. The summed E-state index contributed by atoms with van der Waals surface area (Å²) < 4.78 is 4.55. The van der Waals surface area contributed by atoms with Crippen molar-refractivity contribution in [1.29, 1.82) is 0 Å². The Bertz CT molecular complexity index is 344. The summed E-state index contributed by atoms with van der Waals surface area (Å²) in [7, 11) is 1.34. The molecule has 4 nitrogen and oxygen atoms in total. The van der Waals surface area contributed by atoms with Gasteiger partial charge >= 0.3 is 5.97 Å². The molecule has 2 N–H and O–H groups in total. The molecule has 0 amide bonds. The minimum atomic E-state index is -0.397. The predicted molar refractivity (Wildman–Crippen MR) is 48.6 cm³/mol. The number of carbonyl (C=O) groups excluding carboxylic acids is 1. The Hall–Kier alpha value is -0.940. The largest absolute Gasteiger partial charge is 0.464 e. The molecule has 0 aromatic carbocycles. The maximum atomic E-state index is 11.1. The highest BCUT2D eigenvalue weighted by Crippen LogP contribution is 2.43. The molecule has 0 aliphatic heterocycles. The summed E-state index contributed by atoms with van der Waals surface area (Å²) in [6.07, 6.45) is 1.92. The topological polar surface area (TPSA) is 65.2 Å². The molecule has 5 heteroatoms. The minimum absolute atomic E-state index is 0.253. The van der Waals surface area contributed by atoms with Crippen LogP contribution in [0.25, 0.3) is 0 Å². The van der Waals surface area contributed by atoms with Crippen LogP contribution in [0, 0.1) is 0 Å². The third-order valence-electron chi connectivity index (χ3n) is 2.11. The molecule has 1 aliphatic carbocycles. The van der Waals surface area contributed by atoms with E-state index >= 15 is 0 Å². The van der Waals surface area contributed by atoms with E-state index in [0.717, 1.165) is 17.8 Å². The number of esters is 1. The molecule has 1 aliphatic rings. The maximum absolute atomic E-state index is 11.1. The van der Waals surface area contributed by atoms with E-state index in [4.69, 9.17) is 5.73 Å². The number of nitrogens with zero attached hydrogens (tertiary/aromatic N) is 1. The zero-order chi connectivity index (χ0) is 9.47. The molecule has 0 unspecified atom stereocenters. The molecule has 1 heterocycles. The average molecular weight is 198 g/mol. The molecule has 70 valence electrons. The number of thiazole rings is 1. The zero-order valence-corrected chi connectivity index (χ0v) is 8.06. The van der Waals surface area contributed by atoms with Gasteiger partial charge in [-0.2, -0.15) is 0 Å². The first-order valence-electron chi connectivity index (χ1n) is 3.99. The Morgan fingerprint density at radius 1 is 1.77 bits per heavy atom. The maximum Gasteiger partial charge on any atom is 0.357 e. The zero-order valence-electron chi connectivity index (χ0n) is 7.24. The van der Waals surface area contributed by atoms with Crippen LogP contribution in [-0.2, 0) is 10.3 Å². The highest BCUT2D eigenvalue weighted by atomic mass is 32.1. The number of hydrogen-bond donors (Lipinski definition) is 1. The number of rotatable bonds is 2. The molecule has 0 bridgehead atoms. The van der Waals surface area contributed by atoms with Gasteiger partial charge in [0.25, 0.3) is 0 Å². The van der Waals surface area contributed by atoms with Crippen molar-refractivity contribution in [2.45, 2.75) is 18.4 Å². The first-order chi connectivity index (χ1) is 6.15. The molecule has 0 saturated heterocycles. The molecule has 1 aromatic rings. The van der Waals surface area contributed by atoms with Gasteiger partial charge in [0.2, 0.25) is 0 Å². The van der Waals surface area contributed by atoms with Crippen molar-refractivity contribution < 1.29 is 9.53 Å². The fourth-order valence-corrected chi connectivity index (χ4v) is 2.01. The van der Waals surface area contributed by atoms with Crippen LogP contribution in [0.5, 0.6) is 0 Å². The molecule has 1 aromatic heterocycles. The van der Waals surface area contributed by atoms with Gasteiger partial charge in [0.15, 0.2) is 5.69 Å². The summed E-state index contributed by atoms with van der Waals surface area (Å²) in [6.45, 7) is 0. The van der Waals surface area contributed by atoms with Gasteiger partial charge in [0.1, 0.15) is 5.01 Å². The molecule has 0 spiro atoms. The fourth-order valence-electron chi connectivity index (χ4n) is 1.05.